The summed E-state index contributed by atoms with van der Waals surface area (Å²) in [5, 5.41) is 9.25. The van der Waals surface area contributed by atoms with Crippen molar-refractivity contribution in [2.24, 2.45) is 0 Å². The minimum absolute atomic E-state index is 0.107. The fourth-order valence-corrected chi connectivity index (χ4v) is 4.42. The maximum Gasteiger partial charge on any atom is 0.427 e. The summed E-state index contributed by atoms with van der Waals surface area (Å²) in [6, 6.07) is 0. The van der Waals surface area contributed by atoms with E-state index in [9.17, 15) is 38.7 Å². The van der Waals surface area contributed by atoms with Gasteiger partial charge in [0, 0.05) is 12.0 Å². The van der Waals surface area contributed by atoms with Crippen molar-refractivity contribution in [2.45, 2.75) is 184 Å². The summed E-state index contributed by atoms with van der Waals surface area (Å²) in [6.07, 6.45) is -8.86. The maximum atomic E-state index is 14.2. The number of carbonyl (C=O) groups excluding carboxylic acids is 6. The number of aliphatic carboxylic acids is 1. The van der Waals surface area contributed by atoms with Gasteiger partial charge in [0.2, 0.25) is 5.95 Å². The molecule has 1 aromatic heterocycles. The number of hydrogen-bond donors (Lipinski definition) is 1. The molecule has 0 aliphatic rings. The molecular weight excluding hydrogens is 762 g/mol. The van der Waals surface area contributed by atoms with E-state index < -0.39 is 94.2 Å². The van der Waals surface area contributed by atoms with Gasteiger partial charge in [-0.25, -0.2) is 28.8 Å². The van der Waals surface area contributed by atoms with Gasteiger partial charge in [0.15, 0.2) is 11.6 Å². The molecule has 0 fully saturated rings. The third-order valence-corrected chi connectivity index (χ3v) is 6.29. The predicted octanol–water partition coefficient (Wildman–Crippen LogP) is 9.30. The SMILES string of the molecule is CC(C)OC(=O)N(C(=O)OC(C)(C)C)c1nc(N(C(=O)OC(C)(C)C)C(=O)OC(C)(C)C)nc(N(C(=O)OC(C)(C)C)C(=O)OC(C)(C)C)c1CCCCCC(=O)O. The van der Waals surface area contributed by atoms with Gasteiger partial charge < -0.3 is 33.5 Å². The molecule has 1 rings (SSSR count). The first-order chi connectivity index (χ1) is 26.0. The number of amides is 6. The predicted molar refractivity (Wildman–Crippen MR) is 212 cm³/mol. The van der Waals surface area contributed by atoms with Crippen LogP contribution in [0.25, 0.3) is 0 Å². The van der Waals surface area contributed by atoms with Crippen molar-refractivity contribution in [1.82, 2.24) is 9.97 Å². The highest BCUT2D eigenvalue weighted by Gasteiger charge is 2.43. The molecule has 6 amide bonds. The zero-order chi connectivity index (χ0) is 45.4. The van der Waals surface area contributed by atoms with Gasteiger partial charge in [-0.05, 0) is 137 Å². The van der Waals surface area contributed by atoms with Crippen LogP contribution in [-0.2, 0) is 39.6 Å². The van der Waals surface area contributed by atoms with Crippen molar-refractivity contribution in [3.05, 3.63) is 5.56 Å². The van der Waals surface area contributed by atoms with Crippen LogP contribution in [0.3, 0.4) is 0 Å². The first-order valence-electron chi connectivity index (χ1n) is 18.9. The quantitative estimate of drug-likeness (QED) is 0.171. The van der Waals surface area contributed by atoms with Crippen LogP contribution in [0.2, 0.25) is 0 Å². The fraction of sp³-hybridized carbons (Fsp3) is 0.718. The van der Waals surface area contributed by atoms with Crippen molar-refractivity contribution in [2.75, 3.05) is 14.7 Å². The second-order valence-corrected chi connectivity index (χ2v) is 18.4. The average molecular weight is 826 g/mol. The zero-order valence-electron chi connectivity index (χ0n) is 37.1. The topological polar surface area (TPSA) is 231 Å². The highest BCUT2D eigenvalue weighted by atomic mass is 16.6. The Hall–Kier alpha value is -5.23. The molecule has 328 valence electrons. The standard InChI is InChI=1S/C39H63N5O14/c1-23(2)53-29(47)42(30(48)54-35(3,4)5)26-24(21-19-18-20-22-25(45)46)27(43(31(49)55-36(6,7)8)32(50)56-37(9,10)11)41-28(40-26)44(33(51)57-38(12,13)14)34(52)58-39(15,16)17/h23H,18-22H2,1-17H3,(H,45,46). The fourth-order valence-electron chi connectivity index (χ4n) is 4.42. The molecule has 0 aromatic carbocycles. The van der Waals surface area contributed by atoms with Crippen molar-refractivity contribution < 1.29 is 67.1 Å². The van der Waals surface area contributed by atoms with E-state index in [1.165, 1.54) is 118 Å². The lowest BCUT2D eigenvalue weighted by Crippen LogP contribution is -2.48. The Balaban J connectivity index is 4.79. The lowest BCUT2D eigenvalue weighted by Gasteiger charge is -2.32. The molecule has 1 heterocycles. The normalized spacial score (nSPS) is 12.2. The van der Waals surface area contributed by atoms with E-state index in [-0.39, 0.29) is 42.6 Å². The van der Waals surface area contributed by atoms with Gasteiger partial charge in [-0.3, -0.25) is 4.79 Å². The lowest BCUT2D eigenvalue weighted by atomic mass is 10.1. The van der Waals surface area contributed by atoms with Gasteiger partial charge in [-0.15, -0.1) is 4.90 Å². The minimum Gasteiger partial charge on any atom is -0.481 e. The molecule has 0 bridgehead atoms. The number of rotatable bonds is 10. The van der Waals surface area contributed by atoms with Crippen LogP contribution in [0.4, 0.5) is 46.4 Å². The molecule has 0 aliphatic carbocycles. The van der Waals surface area contributed by atoms with Crippen LogP contribution in [0, 0.1) is 0 Å². The second kappa shape index (κ2) is 19.5. The summed E-state index contributed by atoms with van der Waals surface area (Å²) < 4.78 is 33.4. The highest BCUT2D eigenvalue weighted by molar-refractivity contribution is 6.14. The average Bonchev–Trinajstić information content (AvgIpc) is 2.93. The minimum atomic E-state index is -1.38. The van der Waals surface area contributed by atoms with Crippen LogP contribution in [0.1, 0.15) is 149 Å². The largest absolute Gasteiger partial charge is 0.481 e. The van der Waals surface area contributed by atoms with Crippen molar-refractivity contribution in [3.63, 3.8) is 0 Å². The molecule has 1 aromatic rings. The van der Waals surface area contributed by atoms with E-state index in [0.29, 0.717) is 9.80 Å². The summed E-state index contributed by atoms with van der Waals surface area (Å²) in [4.78, 5) is 106. The van der Waals surface area contributed by atoms with E-state index in [1.807, 2.05) is 0 Å². The molecule has 0 unspecified atom stereocenters. The molecular formula is C39H63N5O14. The van der Waals surface area contributed by atoms with E-state index in [1.54, 1.807) is 0 Å². The summed E-state index contributed by atoms with van der Waals surface area (Å²) >= 11 is 0. The van der Waals surface area contributed by atoms with Crippen molar-refractivity contribution >= 4 is 60.1 Å². The molecule has 19 heteroatoms. The first-order valence-corrected chi connectivity index (χ1v) is 18.9. The monoisotopic (exact) mass is 825 g/mol. The Morgan fingerprint density at radius 1 is 0.500 bits per heavy atom. The van der Waals surface area contributed by atoms with Gasteiger partial charge in [0.1, 0.15) is 28.0 Å². The third kappa shape index (κ3) is 17.9. The number of ether oxygens (including phenoxy) is 6. The number of unbranched alkanes of at least 4 members (excludes halogenated alkanes) is 2. The lowest BCUT2D eigenvalue weighted by molar-refractivity contribution is -0.137. The molecule has 19 nitrogen and oxygen atoms in total. The molecule has 0 radical (unpaired) electrons. The van der Waals surface area contributed by atoms with E-state index >= 15 is 0 Å². The van der Waals surface area contributed by atoms with Gasteiger partial charge in [-0.2, -0.15) is 19.8 Å². The molecule has 1 N–H and O–H groups in total. The number of anilines is 3. The molecule has 0 atom stereocenters. The number of aromatic nitrogens is 2. The number of carboxylic acid groups (broad SMARTS) is 1. The second-order valence-electron chi connectivity index (χ2n) is 18.4. The Morgan fingerprint density at radius 2 is 0.810 bits per heavy atom. The summed E-state index contributed by atoms with van der Waals surface area (Å²) in [6.45, 7) is 25.8. The molecule has 0 aliphatic heterocycles. The summed E-state index contributed by atoms with van der Waals surface area (Å²) in [5.41, 5.74) is -6.38. The Kier molecular flexibility index (Phi) is 17.1. The Morgan fingerprint density at radius 3 is 1.10 bits per heavy atom. The van der Waals surface area contributed by atoms with Crippen LogP contribution in [0.15, 0.2) is 0 Å². The van der Waals surface area contributed by atoms with E-state index in [0.717, 1.165) is 0 Å². The molecule has 0 saturated carbocycles. The summed E-state index contributed by atoms with van der Waals surface area (Å²) in [5.74, 6) is -3.35. The Bertz CT molecular complexity index is 1620. The molecule has 0 saturated heterocycles. The highest BCUT2D eigenvalue weighted by Crippen LogP contribution is 2.36. The molecule has 0 spiro atoms. The summed E-state index contributed by atoms with van der Waals surface area (Å²) in [7, 11) is 0. The number of hydrogen-bond acceptors (Lipinski definition) is 15. The third-order valence-electron chi connectivity index (χ3n) is 6.29. The van der Waals surface area contributed by atoms with E-state index in [4.69, 9.17) is 28.4 Å². The zero-order valence-corrected chi connectivity index (χ0v) is 37.1. The van der Waals surface area contributed by atoms with Crippen LogP contribution in [0.5, 0.6) is 0 Å². The van der Waals surface area contributed by atoms with Gasteiger partial charge in [0.05, 0.1) is 6.10 Å². The number of carbonyl (C=O) groups is 7. The number of nitrogens with zero attached hydrogens (tertiary/aromatic N) is 5. The maximum absolute atomic E-state index is 14.2. The Labute approximate surface area is 341 Å². The van der Waals surface area contributed by atoms with Crippen molar-refractivity contribution in [1.29, 1.82) is 0 Å². The van der Waals surface area contributed by atoms with Gasteiger partial charge >= 0.3 is 42.5 Å². The number of carboxylic acids is 1. The van der Waals surface area contributed by atoms with Gasteiger partial charge in [-0.1, -0.05) is 6.42 Å². The van der Waals surface area contributed by atoms with E-state index in [2.05, 4.69) is 9.97 Å². The van der Waals surface area contributed by atoms with Crippen molar-refractivity contribution in [3.8, 4) is 0 Å². The van der Waals surface area contributed by atoms with Crippen LogP contribution < -0.4 is 14.7 Å². The van der Waals surface area contributed by atoms with Crippen LogP contribution in [-0.4, -0.2) is 91.7 Å². The smallest absolute Gasteiger partial charge is 0.427 e. The van der Waals surface area contributed by atoms with Crippen LogP contribution >= 0.6 is 0 Å². The van der Waals surface area contributed by atoms with Gasteiger partial charge in [0.25, 0.3) is 0 Å². The first kappa shape index (κ1) is 50.8. The molecule has 58 heavy (non-hydrogen) atoms. The number of imide groups is 3.